The fourth-order valence-electron chi connectivity index (χ4n) is 4.36. The van der Waals surface area contributed by atoms with E-state index in [1.54, 1.807) is 36.4 Å². The number of ether oxygens (including phenoxy) is 4. The molecule has 10 nitrogen and oxygen atoms in total. The van der Waals surface area contributed by atoms with Gasteiger partial charge in [-0.1, -0.05) is 20.8 Å². The highest BCUT2D eigenvalue weighted by Gasteiger charge is 2.22. The number of benzene rings is 2. The fourth-order valence-corrected chi connectivity index (χ4v) is 6.40. The molecule has 0 bridgehead atoms. The molecular formula is C32H34O10S2. The van der Waals surface area contributed by atoms with Crippen molar-refractivity contribution in [1.29, 1.82) is 0 Å². The summed E-state index contributed by atoms with van der Waals surface area (Å²) in [6, 6.07) is 10.7. The molecule has 0 aliphatic heterocycles. The number of aliphatic carboxylic acids is 2. The first-order chi connectivity index (χ1) is 20.9. The van der Waals surface area contributed by atoms with Gasteiger partial charge in [0.05, 0.1) is 49.0 Å². The first-order valence-corrected chi connectivity index (χ1v) is 15.5. The molecule has 0 fully saturated rings. The maximum absolute atomic E-state index is 12.6. The molecule has 2 heterocycles. The van der Waals surface area contributed by atoms with Crippen LogP contribution in [0.1, 0.15) is 53.0 Å². The van der Waals surface area contributed by atoms with Gasteiger partial charge in [-0.3, -0.25) is 19.2 Å². The Kier molecular flexibility index (Phi) is 10.5. The molecule has 0 aliphatic rings. The maximum Gasteiger partial charge on any atom is 0.306 e. The minimum atomic E-state index is -1.01. The van der Waals surface area contributed by atoms with E-state index >= 15 is 0 Å². The number of fused-ring (bicyclic) bond motifs is 2. The Morgan fingerprint density at radius 1 is 0.636 bits per heavy atom. The number of carboxylic acid groups (broad SMARTS) is 2. The predicted molar refractivity (Wildman–Crippen MR) is 168 cm³/mol. The van der Waals surface area contributed by atoms with Crippen LogP contribution >= 0.6 is 22.7 Å². The molecule has 0 saturated carbocycles. The van der Waals surface area contributed by atoms with Crippen molar-refractivity contribution in [3.05, 3.63) is 46.2 Å². The highest BCUT2D eigenvalue weighted by atomic mass is 32.1. The monoisotopic (exact) mass is 642 g/mol. The lowest BCUT2D eigenvalue weighted by molar-refractivity contribution is -0.141. The number of hydrogen-bond acceptors (Lipinski definition) is 10. The average molecular weight is 643 g/mol. The van der Waals surface area contributed by atoms with Gasteiger partial charge in [0, 0.05) is 40.3 Å². The van der Waals surface area contributed by atoms with Crippen LogP contribution in [-0.4, -0.2) is 61.2 Å². The van der Waals surface area contributed by atoms with E-state index in [0.29, 0.717) is 46.0 Å². The van der Waals surface area contributed by atoms with Crippen LogP contribution in [0.25, 0.3) is 20.2 Å². The topological polar surface area (TPSA) is 146 Å². The minimum Gasteiger partial charge on any atom is -0.493 e. The average Bonchev–Trinajstić information content (AvgIpc) is 3.61. The fraction of sp³-hybridized carbons (Fsp3) is 0.375. The van der Waals surface area contributed by atoms with Crippen LogP contribution < -0.4 is 18.9 Å². The molecule has 4 aromatic rings. The smallest absolute Gasteiger partial charge is 0.306 e. The molecule has 0 radical (unpaired) electrons. The van der Waals surface area contributed by atoms with Crippen molar-refractivity contribution in [3.63, 3.8) is 0 Å². The number of thiophene rings is 2. The van der Waals surface area contributed by atoms with Gasteiger partial charge in [0.2, 0.25) is 0 Å². The van der Waals surface area contributed by atoms with E-state index in [9.17, 15) is 19.2 Å². The zero-order chi connectivity index (χ0) is 32.1. The molecule has 0 unspecified atom stereocenters. The summed E-state index contributed by atoms with van der Waals surface area (Å²) >= 11 is 2.57. The molecule has 2 atom stereocenters. The van der Waals surface area contributed by atoms with Gasteiger partial charge in [0.1, 0.15) is 0 Å². The van der Waals surface area contributed by atoms with Crippen LogP contribution in [0, 0.1) is 17.8 Å². The maximum atomic E-state index is 12.6. The molecule has 4 rings (SSSR count). The lowest BCUT2D eigenvalue weighted by atomic mass is 10.0. The Hall–Kier alpha value is -4.16. The van der Waals surface area contributed by atoms with E-state index in [2.05, 4.69) is 0 Å². The van der Waals surface area contributed by atoms with Crippen molar-refractivity contribution in [2.45, 2.75) is 33.6 Å². The standard InChI is InChI=1S/C32H34O10S2/c1-16(14-41-25-8-19-10-29(21(33)6-17(2)31(35)36)43-27(19)12-23(25)39-4)15-42-26-9-20-11-30(22(34)7-18(3)32(37)38)44-28(20)13-24(26)40-5/h8-13,16-18H,6-7,14-15H2,1-5H3,(H,35,36)(H,37,38)/t17-,18-/m0/s1. The molecule has 2 aromatic carbocycles. The highest BCUT2D eigenvalue weighted by Crippen LogP contribution is 2.39. The minimum absolute atomic E-state index is 0.0509. The molecule has 44 heavy (non-hydrogen) atoms. The van der Waals surface area contributed by atoms with E-state index in [1.165, 1.54) is 50.7 Å². The van der Waals surface area contributed by atoms with Crippen LogP contribution in [0.15, 0.2) is 36.4 Å². The van der Waals surface area contributed by atoms with Crippen molar-refractivity contribution < 1.29 is 48.3 Å². The van der Waals surface area contributed by atoms with Crippen LogP contribution in [0.5, 0.6) is 23.0 Å². The Morgan fingerprint density at radius 2 is 1.02 bits per heavy atom. The van der Waals surface area contributed by atoms with Gasteiger partial charge in [-0.05, 0) is 35.0 Å². The molecule has 0 spiro atoms. The third kappa shape index (κ3) is 7.67. The van der Waals surface area contributed by atoms with Crippen molar-refractivity contribution in [3.8, 4) is 23.0 Å². The summed E-state index contributed by atoms with van der Waals surface area (Å²) in [5, 5.41) is 19.9. The third-order valence-electron chi connectivity index (χ3n) is 7.03. The SMILES string of the molecule is COc1cc2sc(C(=O)C[C@H](C)C(=O)O)cc2cc1OCC(C)COc1cc2cc(C(=O)C[C@H](C)C(=O)O)sc2cc1OC. The lowest BCUT2D eigenvalue weighted by Gasteiger charge is -2.17. The molecule has 2 N–H and O–H groups in total. The molecule has 234 valence electrons. The van der Waals surface area contributed by atoms with Crippen LogP contribution in [0.2, 0.25) is 0 Å². The number of rotatable bonds is 16. The Morgan fingerprint density at radius 3 is 1.36 bits per heavy atom. The molecular weight excluding hydrogens is 608 g/mol. The summed E-state index contributed by atoms with van der Waals surface area (Å²) < 4.78 is 24.9. The lowest BCUT2D eigenvalue weighted by Crippen LogP contribution is -2.17. The van der Waals surface area contributed by atoms with Gasteiger partial charge in [0.15, 0.2) is 34.6 Å². The Balaban J connectivity index is 1.41. The number of carbonyl (C=O) groups excluding carboxylic acids is 2. The summed E-state index contributed by atoms with van der Waals surface area (Å²) in [5.41, 5.74) is 0. The quantitative estimate of drug-likeness (QED) is 0.125. The van der Waals surface area contributed by atoms with Gasteiger partial charge in [0.25, 0.3) is 0 Å². The molecule has 0 aliphatic carbocycles. The van der Waals surface area contributed by atoms with Gasteiger partial charge in [-0.2, -0.15) is 0 Å². The molecule has 0 amide bonds. The second kappa shape index (κ2) is 14.1. The summed E-state index contributed by atoms with van der Waals surface area (Å²) in [6.45, 7) is 5.59. The molecule has 12 heteroatoms. The van der Waals surface area contributed by atoms with Crippen LogP contribution in [-0.2, 0) is 9.59 Å². The van der Waals surface area contributed by atoms with Crippen molar-refractivity contribution in [2.75, 3.05) is 27.4 Å². The highest BCUT2D eigenvalue weighted by molar-refractivity contribution is 7.21. The predicted octanol–water partition coefficient (Wildman–Crippen LogP) is 6.81. The van der Waals surface area contributed by atoms with Gasteiger partial charge < -0.3 is 29.2 Å². The van der Waals surface area contributed by atoms with Crippen molar-refractivity contribution in [2.24, 2.45) is 17.8 Å². The third-order valence-corrected chi connectivity index (χ3v) is 9.31. The Labute approximate surface area is 262 Å². The van der Waals surface area contributed by atoms with E-state index in [0.717, 1.165) is 20.2 Å². The number of hydrogen-bond donors (Lipinski definition) is 2. The zero-order valence-corrected chi connectivity index (χ0v) is 26.6. The number of methoxy groups -OCH3 is 2. The molecule has 2 aromatic heterocycles. The second-order valence-corrected chi connectivity index (χ2v) is 12.9. The largest absolute Gasteiger partial charge is 0.493 e. The van der Waals surface area contributed by atoms with E-state index in [1.807, 2.05) is 6.92 Å². The van der Waals surface area contributed by atoms with Gasteiger partial charge in [-0.25, -0.2) is 0 Å². The Bertz CT molecular complexity index is 1580. The number of carbonyl (C=O) groups is 4. The second-order valence-electron chi connectivity index (χ2n) is 10.8. The number of Topliss-reactive ketones (excluding diaryl/α,β-unsaturated/α-hetero) is 2. The first-order valence-electron chi connectivity index (χ1n) is 13.9. The normalized spacial score (nSPS) is 12.7. The zero-order valence-electron chi connectivity index (χ0n) is 25.0. The van der Waals surface area contributed by atoms with Crippen LogP contribution in [0.4, 0.5) is 0 Å². The van der Waals surface area contributed by atoms with Crippen molar-refractivity contribution >= 4 is 66.4 Å². The van der Waals surface area contributed by atoms with Crippen LogP contribution in [0.3, 0.4) is 0 Å². The van der Waals surface area contributed by atoms with Gasteiger partial charge >= 0.3 is 11.9 Å². The summed E-state index contributed by atoms with van der Waals surface area (Å²) in [5.74, 6) is -2.00. The number of carboxylic acids is 2. The summed E-state index contributed by atoms with van der Waals surface area (Å²) in [6.07, 6.45) is -0.148. The van der Waals surface area contributed by atoms with Crippen molar-refractivity contribution in [1.82, 2.24) is 0 Å². The van der Waals surface area contributed by atoms with Gasteiger partial charge in [-0.15, -0.1) is 22.7 Å². The number of ketones is 2. The summed E-state index contributed by atoms with van der Waals surface area (Å²) in [7, 11) is 3.07. The molecule has 0 saturated heterocycles. The first kappa shape index (κ1) is 32.7. The van der Waals surface area contributed by atoms with E-state index in [-0.39, 0.29) is 30.3 Å². The van der Waals surface area contributed by atoms with E-state index in [4.69, 9.17) is 29.2 Å². The van der Waals surface area contributed by atoms with E-state index < -0.39 is 23.8 Å². The summed E-state index contributed by atoms with van der Waals surface area (Å²) in [4.78, 5) is 48.5.